The topological polar surface area (TPSA) is 46.2 Å². The average molecular weight is 324 g/mol. The van der Waals surface area contributed by atoms with Crippen molar-refractivity contribution in [1.29, 1.82) is 0 Å². The first-order chi connectivity index (χ1) is 10.9. The highest BCUT2D eigenvalue weighted by molar-refractivity contribution is 5.85. The molecule has 0 spiro atoms. The molecule has 0 unspecified atom stereocenters. The summed E-state index contributed by atoms with van der Waals surface area (Å²) in [6.45, 7) is 9.10. The van der Waals surface area contributed by atoms with Crippen LogP contribution >= 0.6 is 0 Å². The van der Waals surface area contributed by atoms with Crippen molar-refractivity contribution in [3.8, 4) is 0 Å². The number of unbranched alkanes of at least 4 members (excludes halogenated alkanes) is 6. The normalized spacial score (nSPS) is 15.9. The van der Waals surface area contributed by atoms with Gasteiger partial charge >= 0.3 is 0 Å². The van der Waals surface area contributed by atoms with Gasteiger partial charge in [-0.15, -0.1) is 0 Å². The SMILES string of the molecule is CC(C)C(=O)CCCCCCCCCNC(=O)C1(C(C)C)CC1. The minimum atomic E-state index is -0.0343. The van der Waals surface area contributed by atoms with E-state index in [0.29, 0.717) is 11.7 Å². The van der Waals surface area contributed by atoms with Crippen LogP contribution in [0.4, 0.5) is 0 Å². The Kier molecular flexibility index (Phi) is 8.86. The summed E-state index contributed by atoms with van der Waals surface area (Å²) in [4.78, 5) is 23.6. The number of rotatable bonds is 13. The second kappa shape index (κ2) is 10.1. The van der Waals surface area contributed by atoms with Crippen LogP contribution in [-0.2, 0) is 9.59 Å². The third kappa shape index (κ3) is 7.05. The first-order valence-electron chi connectivity index (χ1n) is 9.71. The molecule has 3 nitrogen and oxygen atoms in total. The summed E-state index contributed by atoms with van der Waals surface area (Å²) in [5.74, 6) is 1.33. The van der Waals surface area contributed by atoms with Crippen molar-refractivity contribution in [3.05, 3.63) is 0 Å². The van der Waals surface area contributed by atoms with Crippen LogP contribution in [-0.4, -0.2) is 18.2 Å². The minimum Gasteiger partial charge on any atom is -0.356 e. The molecular weight excluding hydrogens is 286 g/mol. The lowest BCUT2D eigenvalue weighted by molar-refractivity contribution is -0.127. The van der Waals surface area contributed by atoms with Gasteiger partial charge in [-0.3, -0.25) is 9.59 Å². The molecule has 23 heavy (non-hydrogen) atoms. The molecule has 0 saturated heterocycles. The standard InChI is InChI=1S/C20H37NO2/c1-16(2)18(22)12-10-8-6-5-7-9-11-15-21-19(23)20(13-14-20)17(3)4/h16-17H,5-15H2,1-4H3,(H,21,23). The lowest BCUT2D eigenvalue weighted by Crippen LogP contribution is -2.35. The molecule has 1 fully saturated rings. The zero-order valence-corrected chi connectivity index (χ0v) is 15.7. The summed E-state index contributed by atoms with van der Waals surface area (Å²) in [6.07, 6.45) is 11.1. The van der Waals surface area contributed by atoms with E-state index in [1.807, 2.05) is 13.8 Å². The molecule has 0 atom stereocenters. The molecule has 1 aliphatic rings. The molecule has 1 amide bonds. The molecule has 0 aromatic heterocycles. The van der Waals surface area contributed by atoms with Gasteiger partial charge in [0.1, 0.15) is 5.78 Å². The summed E-state index contributed by atoms with van der Waals surface area (Å²) in [5.41, 5.74) is -0.0343. The summed E-state index contributed by atoms with van der Waals surface area (Å²) in [5, 5.41) is 3.12. The summed E-state index contributed by atoms with van der Waals surface area (Å²) in [6, 6.07) is 0. The van der Waals surface area contributed by atoms with Gasteiger partial charge in [-0.25, -0.2) is 0 Å². The van der Waals surface area contributed by atoms with E-state index in [-0.39, 0.29) is 17.2 Å². The highest BCUT2D eigenvalue weighted by Gasteiger charge is 2.51. The van der Waals surface area contributed by atoms with Crippen LogP contribution in [0.2, 0.25) is 0 Å². The van der Waals surface area contributed by atoms with Gasteiger partial charge in [0.25, 0.3) is 0 Å². The van der Waals surface area contributed by atoms with E-state index < -0.39 is 0 Å². The average Bonchev–Trinajstić information content (AvgIpc) is 3.30. The Morgan fingerprint density at radius 3 is 1.87 bits per heavy atom. The van der Waals surface area contributed by atoms with Crippen molar-refractivity contribution in [2.75, 3.05) is 6.54 Å². The highest BCUT2D eigenvalue weighted by atomic mass is 16.2. The quantitative estimate of drug-likeness (QED) is 0.491. The van der Waals surface area contributed by atoms with Gasteiger partial charge in [-0.1, -0.05) is 59.8 Å². The van der Waals surface area contributed by atoms with E-state index >= 15 is 0 Å². The zero-order chi connectivity index (χ0) is 17.3. The number of carbonyl (C=O) groups excluding carboxylic acids is 2. The van der Waals surface area contributed by atoms with Gasteiger partial charge in [-0.05, 0) is 31.6 Å². The first kappa shape index (κ1) is 20.2. The van der Waals surface area contributed by atoms with Gasteiger partial charge in [0.05, 0.1) is 5.41 Å². The van der Waals surface area contributed by atoms with E-state index in [0.717, 1.165) is 38.6 Å². The van der Waals surface area contributed by atoms with Gasteiger partial charge in [0.2, 0.25) is 5.91 Å². The third-order valence-corrected chi connectivity index (χ3v) is 5.38. The Labute approximate surface area is 143 Å². The van der Waals surface area contributed by atoms with Crippen molar-refractivity contribution in [2.45, 2.75) is 91.9 Å². The van der Waals surface area contributed by atoms with Crippen molar-refractivity contribution < 1.29 is 9.59 Å². The van der Waals surface area contributed by atoms with E-state index in [1.54, 1.807) is 0 Å². The molecule has 1 saturated carbocycles. The Morgan fingerprint density at radius 1 is 0.870 bits per heavy atom. The monoisotopic (exact) mass is 323 g/mol. The van der Waals surface area contributed by atoms with Crippen molar-refractivity contribution >= 4 is 11.7 Å². The van der Waals surface area contributed by atoms with Gasteiger partial charge in [-0.2, -0.15) is 0 Å². The molecule has 1 aliphatic carbocycles. The maximum absolute atomic E-state index is 12.1. The van der Waals surface area contributed by atoms with Crippen LogP contribution in [0.5, 0.6) is 0 Å². The predicted octanol–water partition coefficient (Wildman–Crippen LogP) is 4.88. The number of hydrogen-bond donors (Lipinski definition) is 1. The van der Waals surface area contributed by atoms with Gasteiger partial charge < -0.3 is 5.32 Å². The van der Waals surface area contributed by atoms with Gasteiger partial charge in [0, 0.05) is 18.9 Å². The molecule has 1 rings (SSSR count). The fourth-order valence-electron chi connectivity index (χ4n) is 3.18. The number of hydrogen-bond acceptors (Lipinski definition) is 2. The zero-order valence-electron chi connectivity index (χ0n) is 15.7. The Bertz CT molecular complexity index is 370. The number of ketones is 1. The van der Waals surface area contributed by atoms with E-state index in [2.05, 4.69) is 19.2 Å². The molecule has 1 N–H and O–H groups in total. The summed E-state index contributed by atoms with van der Waals surface area (Å²) >= 11 is 0. The smallest absolute Gasteiger partial charge is 0.226 e. The second-order valence-electron chi connectivity index (χ2n) is 7.91. The Morgan fingerprint density at radius 2 is 1.39 bits per heavy atom. The third-order valence-electron chi connectivity index (χ3n) is 5.38. The van der Waals surface area contributed by atoms with E-state index in [4.69, 9.17) is 0 Å². The van der Waals surface area contributed by atoms with Crippen molar-refractivity contribution in [1.82, 2.24) is 5.32 Å². The molecule has 0 aromatic carbocycles. The lowest BCUT2D eigenvalue weighted by atomic mass is 9.91. The van der Waals surface area contributed by atoms with Crippen LogP contribution in [0.3, 0.4) is 0 Å². The molecule has 0 aromatic rings. The van der Waals surface area contributed by atoms with Crippen LogP contribution in [0.25, 0.3) is 0 Å². The van der Waals surface area contributed by atoms with Crippen LogP contribution in [0.1, 0.15) is 91.9 Å². The molecule has 0 bridgehead atoms. The molecular formula is C20H37NO2. The minimum absolute atomic E-state index is 0.0343. The van der Waals surface area contributed by atoms with Gasteiger partial charge in [0.15, 0.2) is 0 Å². The van der Waals surface area contributed by atoms with Crippen molar-refractivity contribution in [3.63, 3.8) is 0 Å². The Balaban J connectivity index is 1.89. The van der Waals surface area contributed by atoms with Crippen LogP contribution in [0, 0.1) is 17.3 Å². The fraction of sp³-hybridized carbons (Fsp3) is 0.900. The lowest BCUT2D eigenvalue weighted by Gasteiger charge is -2.18. The molecule has 0 radical (unpaired) electrons. The maximum Gasteiger partial charge on any atom is 0.226 e. The Hall–Kier alpha value is -0.860. The first-order valence-corrected chi connectivity index (χ1v) is 9.71. The van der Waals surface area contributed by atoms with Crippen molar-refractivity contribution in [2.24, 2.45) is 17.3 Å². The summed E-state index contributed by atoms with van der Waals surface area (Å²) < 4.78 is 0. The predicted molar refractivity (Wildman–Crippen MR) is 96.3 cm³/mol. The largest absolute Gasteiger partial charge is 0.356 e. The van der Waals surface area contributed by atoms with E-state index in [9.17, 15) is 9.59 Å². The number of Topliss-reactive ketones (excluding diaryl/α,β-unsaturated/α-hetero) is 1. The summed E-state index contributed by atoms with van der Waals surface area (Å²) in [7, 11) is 0. The molecule has 0 heterocycles. The van der Waals surface area contributed by atoms with Crippen LogP contribution < -0.4 is 5.32 Å². The number of nitrogens with one attached hydrogen (secondary N) is 1. The number of carbonyl (C=O) groups is 2. The highest BCUT2D eigenvalue weighted by Crippen LogP contribution is 2.51. The van der Waals surface area contributed by atoms with E-state index in [1.165, 1.54) is 32.1 Å². The number of amides is 1. The fourth-order valence-corrected chi connectivity index (χ4v) is 3.18. The molecule has 0 aliphatic heterocycles. The van der Waals surface area contributed by atoms with Crippen LogP contribution in [0.15, 0.2) is 0 Å². The second-order valence-corrected chi connectivity index (χ2v) is 7.91. The molecule has 3 heteroatoms. The maximum atomic E-state index is 12.1. The molecule has 134 valence electrons.